The first-order valence-corrected chi connectivity index (χ1v) is 6.40. The number of amides is 1. The zero-order valence-corrected chi connectivity index (χ0v) is 11.9. The maximum absolute atomic E-state index is 11.5. The van der Waals surface area contributed by atoms with Crippen LogP contribution in [0.1, 0.15) is 27.2 Å². The highest BCUT2D eigenvalue weighted by Gasteiger charge is 2.13. The molecule has 0 aromatic heterocycles. The molecular formula is C14H25N3O. The highest BCUT2D eigenvalue weighted by Crippen LogP contribution is 2.03. The Morgan fingerprint density at radius 1 is 1.50 bits per heavy atom. The lowest BCUT2D eigenvalue weighted by atomic mass is 10.1. The van der Waals surface area contributed by atoms with Gasteiger partial charge < -0.3 is 10.2 Å². The smallest absolute Gasteiger partial charge is 0.224 e. The van der Waals surface area contributed by atoms with Gasteiger partial charge in [-0.05, 0) is 19.4 Å². The van der Waals surface area contributed by atoms with Gasteiger partial charge in [-0.25, -0.2) is 4.99 Å². The Hall–Kier alpha value is -1.58. The summed E-state index contributed by atoms with van der Waals surface area (Å²) >= 11 is 0. The Morgan fingerprint density at radius 3 is 2.61 bits per heavy atom. The number of nitrogens with zero attached hydrogens (tertiary/aromatic N) is 2. The standard InChI is InChI=1S/C14H25N3O/c1-6-9-13(7-2)16-11-17(8-3)10-12(4)14(18)15-5/h6,9,11-12H,1,7-8,10H2,2-5H3,(H,15,18)/b13-9+,16-11-. The third-order valence-electron chi connectivity index (χ3n) is 2.67. The Labute approximate surface area is 110 Å². The molecule has 102 valence electrons. The van der Waals surface area contributed by atoms with Gasteiger partial charge in [0.2, 0.25) is 5.91 Å². The second kappa shape index (κ2) is 9.45. The summed E-state index contributed by atoms with van der Waals surface area (Å²) in [7, 11) is 1.66. The minimum atomic E-state index is -0.0464. The molecule has 0 saturated carbocycles. The molecule has 1 atom stereocenters. The molecule has 0 aliphatic carbocycles. The predicted octanol–water partition coefficient (Wildman–Crippen LogP) is 2.20. The number of aliphatic imine (C=N–C) groups is 1. The van der Waals surface area contributed by atoms with Gasteiger partial charge in [-0.3, -0.25) is 4.79 Å². The second-order valence-electron chi connectivity index (χ2n) is 4.09. The summed E-state index contributed by atoms with van der Waals surface area (Å²) in [6.07, 6.45) is 6.30. The lowest BCUT2D eigenvalue weighted by Gasteiger charge is -2.21. The van der Waals surface area contributed by atoms with Crippen molar-refractivity contribution in [3.8, 4) is 0 Å². The average Bonchev–Trinajstić information content (AvgIpc) is 2.40. The average molecular weight is 251 g/mol. The molecule has 0 saturated heterocycles. The molecule has 0 fully saturated rings. The molecule has 1 N–H and O–H groups in total. The van der Waals surface area contributed by atoms with Crippen LogP contribution >= 0.6 is 0 Å². The van der Waals surface area contributed by atoms with Gasteiger partial charge in [0, 0.05) is 25.8 Å². The van der Waals surface area contributed by atoms with Crippen LogP contribution in [-0.4, -0.2) is 37.3 Å². The van der Waals surface area contributed by atoms with Crippen LogP contribution in [0.5, 0.6) is 0 Å². The van der Waals surface area contributed by atoms with E-state index < -0.39 is 0 Å². The van der Waals surface area contributed by atoms with E-state index in [4.69, 9.17) is 0 Å². The largest absolute Gasteiger partial charge is 0.362 e. The van der Waals surface area contributed by atoms with Gasteiger partial charge in [0.1, 0.15) is 0 Å². The van der Waals surface area contributed by atoms with Gasteiger partial charge in [-0.2, -0.15) is 0 Å². The fourth-order valence-corrected chi connectivity index (χ4v) is 1.48. The molecule has 0 aromatic carbocycles. The lowest BCUT2D eigenvalue weighted by Crippen LogP contribution is -2.35. The second-order valence-corrected chi connectivity index (χ2v) is 4.09. The van der Waals surface area contributed by atoms with Crippen LogP contribution in [0.4, 0.5) is 0 Å². The Balaban J connectivity index is 4.51. The zero-order valence-electron chi connectivity index (χ0n) is 11.9. The van der Waals surface area contributed by atoms with Crippen LogP contribution in [0.25, 0.3) is 0 Å². The van der Waals surface area contributed by atoms with E-state index in [-0.39, 0.29) is 11.8 Å². The van der Waals surface area contributed by atoms with Gasteiger partial charge in [0.15, 0.2) is 0 Å². The van der Waals surface area contributed by atoms with E-state index in [0.29, 0.717) is 6.54 Å². The van der Waals surface area contributed by atoms with E-state index in [0.717, 1.165) is 18.7 Å². The molecule has 18 heavy (non-hydrogen) atoms. The molecule has 0 aliphatic heterocycles. The van der Waals surface area contributed by atoms with Gasteiger partial charge >= 0.3 is 0 Å². The first-order valence-electron chi connectivity index (χ1n) is 6.40. The van der Waals surface area contributed by atoms with Crippen LogP contribution in [0.15, 0.2) is 29.4 Å². The molecule has 0 bridgehead atoms. The normalized spacial score (nSPS) is 13.4. The molecule has 0 heterocycles. The summed E-state index contributed by atoms with van der Waals surface area (Å²) in [6, 6.07) is 0. The fraction of sp³-hybridized carbons (Fsp3) is 0.571. The topological polar surface area (TPSA) is 44.7 Å². The van der Waals surface area contributed by atoms with Gasteiger partial charge in [-0.1, -0.05) is 26.5 Å². The Bertz CT molecular complexity index is 321. The monoisotopic (exact) mass is 251 g/mol. The minimum absolute atomic E-state index is 0.0464. The van der Waals surface area contributed by atoms with Crippen LogP contribution in [0.2, 0.25) is 0 Å². The molecule has 0 rings (SSSR count). The number of carbonyl (C=O) groups excluding carboxylic acids is 1. The lowest BCUT2D eigenvalue weighted by molar-refractivity contribution is -0.124. The van der Waals surface area contributed by atoms with Crippen molar-refractivity contribution < 1.29 is 4.79 Å². The van der Waals surface area contributed by atoms with Crippen LogP contribution in [0, 0.1) is 5.92 Å². The highest BCUT2D eigenvalue weighted by atomic mass is 16.1. The summed E-state index contributed by atoms with van der Waals surface area (Å²) < 4.78 is 0. The summed E-state index contributed by atoms with van der Waals surface area (Å²) in [5.41, 5.74) is 0.982. The van der Waals surface area contributed by atoms with Crippen LogP contribution in [-0.2, 0) is 4.79 Å². The molecule has 0 aromatic rings. The maximum atomic E-state index is 11.5. The quantitative estimate of drug-likeness (QED) is 0.408. The SMILES string of the molecule is C=C/C=C(CC)/N=C\N(CC)CC(C)C(=O)NC. The van der Waals surface area contributed by atoms with Gasteiger partial charge in [0.05, 0.1) is 12.3 Å². The van der Waals surface area contributed by atoms with Crippen molar-refractivity contribution >= 4 is 12.2 Å². The molecule has 1 unspecified atom stereocenters. The summed E-state index contributed by atoms with van der Waals surface area (Å²) in [4.78, 5) is 17.9. The molecule has 0 spiro atoms. The van der Waals surface area contributed by atoms with Crippen LogP contribution in [0.3, 0.4) is 0 Å². The Kier molecular flexibility index (Phi) is 8.62. The van der Waals surface area contributed by atoms with Crippen molar-refractivity contribution in [2.75, 3.05) is 20.1 Å². The zero-order chi connectivity index (χ0) is 14.0. The molecular weight excluding hydrogens is 226 g/mol. The predicted molar refractivity (Wildman–Crippen MR) is 77.5 cm³/mol. The summed E-state index contributed by atoms with van der Waals surface area (Å²) in [6.45, 7) is 11.2. The number of allylic oxidation sites excluding steroid dienone is 3. The first-order chi connectivity index (χ1) is 8.58. The van der Waals surface area contributed by atoms with Crippen molar-refractivity contribution in [1.82, 2.24) is 10.2 Å². The first kappa shape index (κ1) is 16.4. The van der Waals surface area contributed by atoms with Crippen molar-refractivity contribution in [3.05, 3.63) is 24.4 Å². The minimum Gasteiger partial charge on any atom is -0.362 e. The third kappa shape index (κ3) is 6.23. The third-order valence-corrected chi connectivity index (χ3v) is 2.67. The van der Waals surface area contributed by atoms with Crippen molar-refractivity contribution in [1.29, 1.82) is 0 Å². The van der Waals surface area contributed by atoms with E-state index >= 15 is 0 Å². The Morgan fingerprint density at radius 2 is 2.17 bits per heavy atom. The van der Waals surface area contributed by atoms with Crippen molar-refractivity contribution in [2.24, 2.45) is 10.9 Å². The van der Waals surface area contributed by atoms with E-state index in [1.165, 1.54) is 0 Å². The van der Waals surface area contributed by atoms with E-state index in [1.54, 1.807) is 19.5 Å². The number of hydrogen-bond acceptors (Lipinski definition) is 2. The molecule has 0 radical (unpaired) electrons. The summed E-state index contributed by atoms with van der Waals surface area (Å²) in [5.74, 6) is 0.00839. The maximum Gasteiger partial charge on any atom is 0.224 e. The van der Waals surface area contributed by atoms with Gasteiger partial charge in [-0.15, -0.1) is 0 Å². The highest BCUT2D eigenvalue weighted by molar-refractivity contribution is 5.78. The van der Waals surface area contributed by atoms with Gasteiger partial charge in [0.25, 0.3) is 0 Å². The number of hydrogen-bond donors (Lipinski definition) is 1. The molecule has 4 heteroatoms. The molecule has 0 aliphatic rings. The number of rotatable bonds is 8. The molecule has 4 nitrogen and oxygen atoms in total. The van der Waals surface area contributed by atoms with E-state index in [2.05, 4.69) is 23.8 Å². The molecule has 1 amide bonds. The number of nitrogens with one attached hydrogen (secondary N) is 1. The van der Waals surface area contributed by atoms with E-state index in [1.807, 2.05) is 24.8 Å². The van der Waals surface area contributed by atoms with Crippen molar-refractivity contribution in [2.45, 2.75) is 27.2 Å². The fourth-order valence-electron chi connectivity index (χ4n) is 1.48. The van der Waals surface area contributed by atoms with E-state index in [9.17, 15) is 4.79 Å². The number of carbonyl (C=O) groups is 1. The van der Waals surface area contributed by atoms with Crippen molar-refractivity contribution in [3.63, 3.8) is 0 Å². The van der Waals surface area contributed by atoms with Crippen LogP contribution < -0.4 is 5.32 Å². The summed E-state index contributed by atoms with van der Waals surface area (Å²) in [5, 5.41) is 2.66.